The molecule has 2 rings (SSSR count). The second kappa shape index (κ2) is 5.67. The topological polar surface area (TPSA) is 52.6 Å². The van der Waals surface area contributed by atoms with Gasteiger partial charge in [-0.05, 0) is 36.6 Å². The van der Waals surface area contributed by atoms with Crippen LogP contribution in [-0.4, -0.2) is 18.9 Å². The number of hydrogen-bond acceptors (Lipinski definition) is 5. The number of ketones is 1. The van der Waals surface area contributed by atoms with E-state index in [2.05, 4.69) is 0 Å². The molecule has 0 N–H and O–H groups in total. The summed E-state index contributed by atoms with van der Waals surface area (Å²) in [6.45, 7) is 1.43. The molecule has 0 atom stereocenters. The predicted molar refractivity (Wildman–Crippen MR) is 72.3 cm³/mol. The Bertz CT molecular complexity index is 602. The van der Waals surface area contributed by atoms with Crippen LogP contribution in [0.3, 0.4) is 0 Å². The van der Waals surface area contributed by atoms with E-state index in [4.69, 9.17) is 9.47 Å². The summed E-state index contributed by atoms with van der Waals surface area (Å²) in [6.07, 6.45) is 0. The van der Waals surface area contributed by atoms with Crippen LogP contribution in [0.1, 0.15) is 27.0 Å². The summed E-state index contributed by atoms with van der Waals surface area (Å²) in [5.41, 5.74) is 0.388. The Morgan fingerprint density at radius 3 is 2.58 bits per heavy atom. The fourth-order valence-electron chi connectivity index (χ4n) is 1.58. The van der Waals surface area contributed by atoms with Gasteiger partial charge in [-0.1, -0.05) is 6.07 Å². The smallest absolute Gasteiger partial charge is 0.353 e. The van der Waals surface area contributed by atoms with Gasteiger partial charge in [0.15, 0.2) is 5.78 Å². The van der Waals surface area contributed by atoms with Crippen LogP contribution in [-0.2, 0) is 0 Å². The molecular weight excluding hydrogens is 264 g/mol. The molecule has 5 heteroatoms. The largest absolute Gasteiger partial charge is 0.496 e. The fourth-order valence-corrected chi connectivity index (χ4v) is 2.18. The van der Waals surface area contributed by atoms with Crippen molar-refractivity contribution in [3.05, 3.63) is 46.2 Å². The lowest BCUT2D eigenvalue weighted by Gasteiger charge is -2.08. The van der Waals surface area contributed by atoms with Crippen LogP contribution in [0, 0.1) is 0 Å². The Morgan fingerprint density at radius 2 is 2.00 bits per heavy atom. The van der Waals surface area contributed by atoms with Crippen molar-refractivity contribution in [1.29, 1.82) is 0 Å². The number of Topliss-reactive ketones (excluding diaryl/α,β-unsaturated/α-hetero) is 1. The summed E-state index contributed by atoms with van der Waals surface area (Å²) in [6, 6.07) is 8.16. The average Bonchev–Trinajstić information content (AvgIpc) is 2.92. The first-order valence-electron chi connectivity index (χ1n) is 5.56. The van der Waals surface area contributed by atoms with Gasteiger partial charge in [-0.15, -0.1) is 11.3 Å². The first kappa shape index (κ1) is 13.3. The molecule has 0 aliphatic heterocycles. The van der Waals surface area contributed by atoms with Crippen molar-refractivity contribution in [2.45, 2.75) is 6.92 Å². The van der Waals surface area contributed by atoms with Crippen molar-refractivity contribution >= 4 is 23.1 Å². The lowest BCUT2D eigenvalue weighted by molar-refractivity contribution is 0.0738. The SMILES string of the molecule is COc1ccc(OC(=O)c2cccs2)cc1C(C)=O. The first-order chi connectivity index (χ1) is 9.11. The summed E-state index contributed by atoms with van der Waals surface area (Å²) in [5.74, 6) is 0.202. The van der Waals surface area contributed by atoms with Gasteiger partial charge in [-0.25, -0.2) is 4.79 Å². The molecule has 2 aromatic rings. The normalized spacial score (nSPS) is 10.0. The van der Waals surface area contributed by atoms with Crippen molar-refractivity contribution < 1.29 is 19.1 Å². The second-order valence-corrected chi connectivity index (χ2v) is 4.73. The molecule has 0 bridgehead atoms. The molecule has 4 nitrogen and oxygen atoms in total. The van der Waals surface area contributed by atoms with Crippen molar-refractivity contribution in [2.75, 3.05) is 7.11 Å². The Kier molecular flexibility index (Phi) is 3.97. The highest BCUT2D eigenvalue weighted by atomic mass is 32.1. The van der Waals surface area contributed by atoms with E-state index < -0.39 is 5.97 Å². The molecule has 0 saturated heterocycles. The van der Waals surface area contributed by atoms with Crippen molar-refractivity contribution in [2.24, 2.45) is 0 Å². The van der Waals surface area contributed by atoms with Gasteiger partial charge >= 0.3 is 5.97 Å². The Hall–Kier alpha value is -2.14. The van der Waals surface area contributed by atoms with Crippen molar-refractivity contribution in [1.82, 2.24) is 0 Å². The zero-order valence-corrected chi connectivity index (χ0v) is 11.3. The van der Waals surface area contributed by atoms with Gasteiger partial charge in [0, 0.05) is 0 Å². The summed E-state index contributed by atoms with van der Waals surface area (Å²) in [5, 5.41) is 1.80. The maximum atomic E-state index is 11.8. The highest BCUT2D eigenvalue weighted by Gasteiger charge is 2.13. The van der Waals surface area contributed by atoms with E-state index in [-0.39, 0.29) is 5.78 Å². The molecule has 1 aromatic carbocycles. The molecule has 1 aromatic heterocycles. The summed E-state index contributed by atoms with van der Waals surface area (Å²) >= 11 is 1.30. The zero-order valence-electron chi connectivity index (χ0n) is 10.5. The number of carbonyl (C=O) groups excluding carboxylic acids is 2. The molecular formula is C14H12O4S. The molecule has 0 fully saturated rings. The molecule has 0 aliphatic carbocycles. The number of thiophene rings is 1. The first-order valence-corrected chi connectivity index (χ1v) is 6.44. The molecule has 1 heterocycles. The summed E-state index contributed by atoms with van der Waals surface area (Å²) in [7, 11) is 1.49. The number of methoxy groups -OCH3 is 1. The number of rotatable bonds is 4. The number of ether oxygens (including phenoxy) is 2. The molecule has 0 unspecified atom stereocenters. The standard InChI is InChI=1S/C14H12O4S/c1-9(15)11-8-10(5-6-12(11)17-2)18-14(16)13-4-3-7-19-13/h3-8H,1-2H3. The van der Waals surface area contributed by atoms with Gasteiger partial charge in [0.05, 0.1) is 12.7 Å². The number of carbonyl (C=O) groups is 2. The highest BCUT2D eigenvalue weighted by Crippen LogP contribution is 2.25. The van der Waals surface area contributed by atoms with Crippen LogP contribution >= 0.6 is 11.3 Å². The Morgan fingerprint density at radius 1 is 1.21 bits per heavy atom. The maximum Gasteiger partial charge on any atom is 0.353 e. The third-order valence-electron chi connectivity index (χ3n) is 2.48. The zero-order chi connectivity index (χ0) is 13.8. The number of benzene rings is 1. The monoisotopic (exact) mass is 276 g/mol. The van der Waals surface area contributed by atoms with Gasteiger partial charge in [0.25, 0.3) is 0 Å². The minimum absolute atomic E-state index is 0.147. The maximum absolute atomic E-state index is 11.8. The third-order valence-corrected chi connectivity index (χ3v) is 3.33. The molecule has 98 valence electrons. The van der Waals surface area contributed by atoms with E-state index in [0.717, 1.165) is 0 Å². The summed E-state index contributed by atoms with van der Waals surface area (Å²) < 4.78 is 10.3. The van der Waals surface area contributed by atoms with Gasteiger partial charge in [-0.2, -0.15) is 0 Å². The molecule has 0 amide bonds. The molecule has 0 aliphatic rings. The Balaban J connectivity index is 2.24. The van der Waals surface area contributed by atoms with E-state index in [1.165, 1.54) is 31.4 Å². The Labute approximate surface area is 114 Å². The van der Waals surface area contributed by atoms with Crippen molar-refractivity contribution in [3.8, 4) is 11.5 Å². The van der Waals surface area contributed by atoms with E-state index >= 15 is 0 Å². The minimum atomic E-state index is -0.435. The molecule has 0 saturated carbocycles. The van der Waals surface area contributed by atoms with E-state index in [0.29, 0.717) is 21.9 Å². The average molecular weight is 276 g/mol. The lowest BCUT2D eigenvalue weighted by atomic mass is 10.1. The molecule has 19 heavy (non-hydrogen) atoms. The van der Waals surface area contributed by atoms with Gasteiger partial charge < -0.3 is 9.47 Å². The van der Waals surface area contributed by atoms with Crippen LogP contribution in [0.5, 0.6) is 11.5 Å². The van der Waals surface area contributed by atoms with Crippen LogP contribution in [0.25, 0.3) is 0 Å². The van der Waals surface area contributed by atoms with Gasteiger partial charge in [0.1, 0.15) is 16.4 Å². The minimum Gasteiger partial charge on any atom is -0.496 e. The lowest BCUT2D eigenvalue weighted by Crippen LogP contribution is -2.07. The van der Waals surface area contributed by atoms with E-state index in [1.54, 1.807) is 29.6 Å². The van der Waals surface area contributed by atoms with Crippen LogP contribution in [0.4, 0.5) is 0 Å². The second-order valence-electron chi connectivity index (χ2n) is 3.79. The predicted octanol–water partition coefficient (Wildman–Crippen LogP) is 3.18. The molecule has 0 spiro atoms. The van der Waals surface area contributed by atoms with Gasteiger partial charge in [0.2, 0.25) is 0 Å². The molecule has 0 radical (unpaired) electrons. The van der Waals surface area contributed by atoms with E-state index in [1.807, 2.05) is 0 Å². The van der Waals surface area contributed by atoms with Crippen LogP contribution in [0.15, 0.2) is 35.7 Å². The quantitative estimate of drug-likeness (QED) is 0.489. The number of esters is 1. The summed E-state index contributed by atoms with van der Waals surface area (Å²) in [4.78, 5) is 23.8. The van der Waals surface area contributed by atoms with Crippen LogP contribution < -0.4 is 9.47 Å². The van der Waals surface area contributed by atoms with E-state index in [9.17, 15) is 9.59 Å². The fraction of sp³-hybridized carbons (Fsp3) is 0.143. The van der Waals surface area contributed by atoms with Crippen LogP contribution in [0.2, 0.25) is 0 Å². The third kappa shape index (κ3) is 3.00. The van der Waals surface area contributed by atoms with Crippen molar-refractivity contribution in [3.63, 3.8) is 0 Å². The van der Waals surface area contributed by atoms with Gasteiger partial charge in [-0.3, -0.25) is 4.79 Å². The highest BCUT2D eigenvalue weighted by molar-refractivity contribution is 7.12. The number of hydrogen-bond donors (Lipinski definition) is 0.